The molecular formula is C26H29ClN6O3. The molecule has 9 nitrogen and oxygen atoms in total. The molecule has 4 aromatic rings. The van der Waals surface area contributed by atoms with Gasteiger partial charge >= 0.3 is 0 Å². The van der Waals surface area contributed by atoms with Crippen LogP contribution in [0.25, 0.3) is 28.0 Å². The lowest BCUT2D eigenvalue weighted by atomic mass is 10.0. The number of hydrogen-bond donors (Lipinski definition) is 1. The second-order valence-corrected chi connectivity index (χ2v) is 8.86. The summed E-state index contributed by atoms with van der Waals surface area (Å²) in [5.41, 5.74) is 3.80. The third-order valence-corrected chi connectivity index (χ3v) is 6.10. The first-order valence-corrected chi connectivity index (χ1v) is 11.8. The van der Waals surface area contributed by atoms with Crippen LogP contribution in [0.2, 0.25) is 0 Å². The van der Waals surface area contributed by atoms with Gasteiger partial charge in [0.1, 0.15) is 11.4 Å². The number of halogens is 1. The third-order valence-electron chi connectivity index (χ3n) is 6.10. The van der Waals surface area contributed by atoms with E-state index in [9.17, 15) is 9.59 Å². The molecule has 188 valence electrons. The minimum Gasteiger partial charge on any atom is -0.471 e. The first kappa shape index (κ1) is 25.4. The van der Waals surface area contributed by atoms with Gasteiger partial charge in [-0.1, -0.05) is 30.3 Å². The van der Waals surface area contributed by atoms with E-state index in [4.69, 9.17) is 9.84 Å². The molecule has 1 amide bonds. The summed E-state index contributed by atoms with van der Waals surface area (Å²) in [6.45, 7) is 7.38. The van der Waals surface area contributed by atoms with E-state index in [0.29, 0.717) is 24.5 Å². The molecule has 1 unspecified atom stereocenters. The fraction of sp³-hybridized carbons (Fsp3) is 0.308. The number of aromatic nitrogens is 4. The molecule has 1 N–H and O–H groups in total. The van der Waals surface area contributed by atoms with Crippen molar-refractivity contribution in [1.29, 1.82) is 0 Å². The lowest BCUT2D eigenvalue weighted by Gasteiger charge is -2.32. The van der Waals surface area contributed by atoms with Crippen LogP contribution in [0.5, 0.6) is 5.75 Å². The SMILES string of the molecule is CC(Oc1ccn2nc(-c3ccccc3)c(-c3ccc(=O)n(C(C)C)n3)c2c1)N1CCNCC1=O.Cl. The Hall–Kier alpha value is -3.69. The summed E-state index contributed by atoms with van der Waals surface area (Å²) in [5, 5.41) is 12.6. The molecule has 0 spiro atoms. The summed E-state index contributed by atoms with van der Waals surface area (Å²) in [4.78, 5) is 26.4. The van der Waals surface area contributed by atoms with Gasteiger partial charge in [0.05, 0.1) is 29.4 Å². The molecule has 0 saturated carbocycles. The predicted molar refractivity (Wildman–Crippen MR) is 140 cm³/mol. The van der Waals surface area contributed by atoms with Crippen molar-refractivity contribution in [1.82, 2.24) is 29.6 Å². The lowest BCUT2D eigenvalue weighted by molar-refractivity contribution is -0.139. The highest BCUT2D eigenvalue weighted by Gasteiger charge is 2.25. The number of piperazine rings is 1. The van der Waals surface area contributed by atoms with Gasteiger partial charge in [0, 0.05) is 37.0 Å². The average molecular weight is 509 g/mol. The zero-order valence-corrected chi connectivity index (χ0v) is 21.2. The van der Waals surface area contributed by atoms with Crippen molar-refractivity contribution in [3.05, 3.63) is 71.1 Å². The van der Waals surface area contributed by atoms with E-state index >= 15 is 0 Å². The monoisotopic (exact) mass is 508 g/mol. The molecule has 3 aromatic heterocycles. The highest BCUT2D eigenvalue weighted by atomic mass is 35.5. The molecule has 1 aliphatic rings. The van der Waals surface area contributed by atoms with Gasteiger partial charge in [-0.2, -0.15) is 10.2 Å². The highest BCUT2D eigenvalue weighted by molar-refractivity contribution is 5.91. The summed E-state index contributed by atoms with van der Waals surface area (Å²) in [6, 6.07) is 16.8. The van der Waals surface area contributed by atoms with Gasteiger partial charge in [0.25, 0.3) is 5.56 Å². The molecule has 4 heterocycles. The van der Waals surface area contributed by atoms with Crippen LogP contribution >= 0.6 is 12.4 Å². The molecule has 1 atom stereocenters. The van der Waals surface area contributed by atoms with E-state index < -0.39 is 6.23 Å². The Bertz CT molecular complexity index is 1430. The van der Waals surface area contributed by atoms with Gasteiger partial charge in [0.15, 0.2) is 6.23 Å². The fourth-order valence-electron chi connectivity index (χ4n) is 4.35. The van der Waals surface area contributed by atoms with Crippen LogP contribution in [-0.2, 0) is 4.79 Å². The summed E-state index contributed by atoms with van der Waals surface area (Å²) in [7, 11) is 0. The van der Waals surface area contributed by atoms with Crippen LogP contribution < -0.4 is 15.6 Å². The van der Waals surface area contributed by atoms with Crippen molar-refractivity contribution in [2.75, 3.05) is 19.6 Å². The Morgan fingerprint density at radius 1 is 1.00 bits per heavy atom. The van der Waals surface area contributed by atoms with Crippen LogP contribution in [0.4, 0.5) is 0 Å². The molecule has 1 aliphatic heterocycles. The molecule has 0 radical (unpaired) electrons. The molecule has 5 rings (SSSR count). The summed E-state index contributed by atoms with van der Waals surface area (Å²) in [6.07, 6.45) is 1.43. The number of nitrogens with zero attached hydrogens (tertiary/aromatic N) is 5. The van der Waals surface area contributed by atoms with E-state index in [2.05, 4.69) is 10.4 Å². The van der Waals surface area contributed by atoms with Crippen LogP contribution in [-0.4, -0.2) is 56.1 Å². The Labute approximate surface area is 215 Å². The minimum atomic E-state index is -0.409. The maximum atomic E-state index is 12.4. The van der Waals surface area contributed by atoms with Gasteiger partial charge < -0.3 is 15.0 Å². The van der Waals surface area contributed by atoms with Crippen LogP contribution in [0.3, 0.4) is 0 Å². The van der Waals surface area contributed by atoms with Crippen molar-refractivity contribution in [2.24, 2.45) is 0 Å². The van der Waals surface area contributed by atoms with E-state index in [-0.39, 0.29) is 29.9 Å². The molecule has 0 aliphatic carbocycles. The predicted octanol–water partition coefficient (Wildman–Crippen LogP) is 3.38. The number of carbonyl (C=O) groups excluding carboxylic acids is 1. The molecular weight excluding hydrogens is 480 g/mol. The fourth-order valence-corrected chi connectivity index (χ4v) is 4.35. The normalized spacial score (nSPS) is 14.7. The Morgan fingerprint density at radius 2 is 1.78 bits per heavy atom. The topological polar surface area (TPSA) is 93.8 Å². The van der Waals surface area contributed by atoms with Crippen molar-refractivity contribution in [3.63, 3.8) is 0 Å². The van der Waals surface area contributed by atoms with Crippen molar-refractivity contribution in [3.8, 4) is 28.3 Å². The van der Waals surface area contributed by atoms with E-state index in [1.807, 2.05) is 69.4 Å². The quantitative estimate of drug-likeness (QED) is 0.429. The summed E-state index contributed by atoms with van der Waals surface area (Å²) < 4.78 is 9.45. The average Bonchev–Trinajstić information content (AvgIpc) is 3.24. The van der Waals surface area contributed by atoms with Crippen molar-refractivity contribution >= 4 is 23.8 Å². The van der Waals surface area contributed by atoms with E-state index in [0.717, 1.165) is 28.9 Å². The van der Waals surface area contributed by atoms with E-state index in [1.54, 1.807) is 21.5 Å². The number of amides is 1. The highest BCUT2D eigenvalue weighted by Crippen LogP contribution is 2.35. The number of fused-ring (bicyclic) bond motifs is 1. The van der Waals surface area contributed by atoms with E-state index in [1.165, 1.54) is 4.68 Å². The summed E-state index contributed by atoms with van der Waals surface area (Å²) >= 11 is 0. The maximum absolute atomic E-state index is 12.4. The first-order valence-electron chi connectivity index (χ1n) is 11.8. The molecule has 1 fully saturated rings. The second kappa shape index (κ2) is 10.5. The van der Waals surface area contributed by atoms with Crippen molar-refractivity contribution < 1.29 is 9.53 Å². The van der Waals surface area contributed by atoms with Crippen molar-refractivity contribution in [2.45, 2.75) is 33.0 Å². The molecule has 36 heavy (non-hydrogen) atoms. The first-order chi connectivity index (χ1) is 16.9. The van der Waals surface area contributed by atoms with Crippen LogP contribution in [0.1, 0.15) is 26.8 Å². The molecule has 0 bridgehead atoms. The van der Waals surface area contributed by atoms with Gasteiger partial charge in [-0.3, -0.25) is 9.59 Å². The number of pyridine rings is 1. The zero-order valence-electron chi connectivity index (χ0n) is 20.4. The van der Waals surface area contributed by atoms with Crippen LogP contribution in [0, 0.1) is 0 Å². The summed E-state index contributed by atoms with van der Waals surface area (Å²) in [5.74, 6) is 0.635. The molecule has 1 saturated heterocycles. The van der Waals surface area contributed by atoms with Gasteiger partial charge in [-0.25, -0.2) is 9.20 Å². The number of rotatable bonds is 6. The van der Waals surface area contributed by atoms with Gasteiger partial charge in [0.2, 0.25) is 5.91 Å². The maximum Gasteiger partial charge on any atom is 0.267 e. The second-order valence-electron chi connectivity index (χ2n) is 8.86. The number of benzene rings is 1. The Kier molecular flexibility index (Phi) is 7.42. The minimum absolute atomic E-state index is 0. The van der Waals surface area contributed by atoms with Crippen LogP contribution in [0.15, 0.2) is 65.6 Å². The number of ether oxygens (including phenoxy) is 1. The Morgan fingerprint density at radius 3 is 2.50 bits per heavy atom. The smallest absolute Gasteiger partial charge is 0.267 e. The molecule has 10 heteroatoms. The largest absolute Gasteiger partial charge is 0.471 e. The van der Waals surface area contributed by atoms with Gasteiger partial charge in [-0.05, 0) is 32.9 Å². The zero-order chi connectivity index (χ0) is 24.5. The standard InChI is InChI=1S/C26H28N6O3.ClH/c1-17(2)32-23(33)10-9-21(28-32)25-22-15-20(35-18(3)30-14-12-27-16-24(30)34)11-13-31(22)29-26(25)19-7-5-4-6-8-19;/h4-11,13,15,17-18,27H,12,14,16H2,1-3H3;1H. The lowest BCUT2D eigenvalue weighted by Crippen LogP contribution is -2.53. The number of hydrogen-bond acceptors (Lipinski definition) is 6. The number of carbonyl (C=O) groups is 1. The Balaban J connectivity index is 0.00000304. The third kappa shape index (κ3) is 4.84. The number of nitrogens with one attached hydrogen (secondary N) is 1. The molecule has 1 aromatic carbocycles. The van der Waals surface area contributed by atoms with Gasteiger partial charge in [-0.15, -0.1) is 12.4 Å².